The highest BCUT2D eigenvalue weighted by atomic mass is 32.1. The van der Waals surface area contributed by atoms with Crippen LogP contribution in [0.1, 0.15) is 10.4 Å². The molecule has 1 amide bonds. The first-order valence-electron chi connectivity index (χ1n) is 8.53. The van der Waals surface area contributed by atoms with E-state index in [1.165, 1.54) is 56.9 Å². The minimum atomic E-state index is -0.555. The van der Waals surface area contributed by atoms with Gasteiger partial charge in [-0.05, 0) is 18.2 Å². The van der Waals surface area contributed by atoms with Crippen LogP contribution in [0.4, 0.5) is 5.69 Å². The Morgan fingerprint density at radius 1 is 1.20 bits per heavy atom. The number of non-ortho nitro benzene ring substituents is 1. The molecular formula is C20H17N3O6S. The monoisotopic (exact) mass is 427 g/mol. The van der Waals surface area contributed by atoms with Crippen molar-refractivity contribution in [2.24, 2.45) is 4.99 Å². The van der Waals surface area contributed by atoms with Gasteiger partial charge in [0.05, 0.1) is 43.0 Å². The van der Waals surface area contributed by atoms with Crippen LogP contribution in [0.3, 0.4) is 0 Å². The molecular weight excluding hydrogens is 410 g/mol. The predicted octanol–water partition coefficient (Wildman–Crippen LogP) is 3.01. The fourth-order valence-electron chi connectivity index (χ4n) is 2.86. The topological polar surface area (TPSA) is 105 Å². The molecule has 0 N–H and O–H groups in total. The van der Waals surface area contributed by atoms with Crippen molar-refractivity contribution in [3.8, 4) is 29.6 Å². The highest BCUT2D eigenvalue weighted by molar-refractivity contribution is 7.16. The molecule has 3 aromatic rings. The van der Waals surface area contributed by atoms with Crippen molar-refractivity contribution in [2.45, 2.75) is 6.54 Å². The summed E-state index contributed by atoms with van der Waals surface area (Å²) in [6, 6.07) is 7.40. The number of nitro benzene ring substituents is 1. The second-order valence-electron chi connectivity index (χ2n) is 5.92. The minimum Gasteiger partial charge on any atom is -0.493 e. The zero-order valence-electron chi connectivity index (χ0n) is 16.4. The van der Waals surface area contributed by atoms with Crippen LogP contribution in [0, 0.1) is 22.5 Å². The number of carbonyl (C=O) groups excluding carboxylic acids is 1. The molecule has 0 bridgehead atoms. The van der Waals surface area contributed by atoms with Crippen LogP contribution in [-0.2, 0) is 6.54 Å². The van der Waals surface area contributed by atoms with Crippen LogP contribution < -0.4 is 19.0 Å². The summed E-state index contributed by atoms with van der Waals surface area (Å²) in [5, 5.41) is 11.1. The number of terminal acetylenes is 1. The molecule has 0 fully saturated rings. The van der Waals surface area contributed by atoms with E-state index >= 15 is 0 Å². The van der Waals surface area contributed by atoms with Gasteiger partial charge in [-0.1, -0.05) is 17.3 Å². The number of benzene rings is 2. The molecule has 0 radical (unpaired) electrons. The van der Waals surface area contributed by atoms with Gasteiger partial charge in [-0.25, -0.2) is 0 Å². The molecule has 0 saturated heterocycles. The van der Waals surface area contributed by atoms with E-state index in [4.69, 9.17) is 20.6 Å². The number of ether oxygens (including phenoxy) is 3. The third kappa shape index (κ3) is 3.83. The maximum atomic E-state index is 12.9. The summed E-state index contributed by atoms with van der Waals surface area (Å²) in [5.74, 6) is 2.92. The molecule has 0 spiro atoms. The van der Waals surface area contributed by atoms with Crippen LogP contribution in [0.15, 0.2) is 35.3 Å². The Kier molecular flexibility index (Phi) is 6.03. The lowest BCUT2D eigenvalue weighted by Gasteiger charge is -2.12. The lowest BCUT2D eigenvalue weighted by Crippen LogP contribution is -2.16. The predicted molar refractivity (Wildman–Crippen MR) is 111 cm³/mol. The second-order valence-corrected chi connectivity index (χ2v) is 6.92. The van der Waals surface area contributed by atoms with Gasteiger partial charge in [-0.2, -0.15) is 4.99 Å². The smallest absolute Gasteiger partial charge is 0.279 e. The molecule has 154 valence electrons. The quantitative estimate of drug-likeness (QED) is 0.340. The van der Waals surface area contributed by atoms with Crippen molar-refractivity contribution < 1.29 is 23.9 Å². The van der Waals surface area contributed by atoms with E-state index in [2.05, 4.69) is 10.9 Å². The Hall–Kier alpha value is -3.84. The molecule has 3 rings (SSSR count). The highest BCUT2D eigenvalue weighted by Gasteiger charge is 2.18. The molecule has 0 aliphatic rings. The molecule has 1 heterocycles. The second kappa shape index (κ2) is 8.67. The van der Waals surface area contributed by atoms with Gasteiger partial charge in [-0.3, -0.25) is 14.9 Å². The van der Waals surface area contributed by atoms with Gasteiger partial charge in [-0.15, -0.1) is 6.42 Å². The van der Waals surface area contributed by atoms with E-state index in [1.807, 2.05) is 0 Å². The zero-order chi connectivity index (χ0) is 21.8. The Morgan fingerprint density at radius 3 is 2.40 bits per heavy atom. The molecule has 9 nitrogen and oxygen atoms in total. The first-order valence-corrected chi connectivity index (χ1v) is 9.35. The number of hydrogen-bond acceptors (Lipinski definition) is 7. The van der Waals surface area contributed by atoms with Crippen molar-refractivity contribution in [1.29, 1.82) is 0 Å². The molecule has 1 aromatic heterocycles. The van der Waals surface area contributed by atoms with E-state index in [0.717, 1.165) is 0 Å². The number of fused-ring (bicyclic) bond motifs is 1. The number of rotatable bonds is 6. The standard InChI is InChI=1S/C20H17N3O6S/c1-5-8-22-14-11-13(23(25)26)6-7-17(14)30-20(22)21-19(24)12-9-15(27-2)18(29-4)16(10-12)28-3/h1,6-7,9-11H,8H2,2-4H3. The number of nitrogens with zero attached hydrogens (tertiary/aromatic N) is 3. The van der Waals surface area contributed by atoms with Crippen LogP contribution in [-0.4, -0.2) is 36.7 Å². The van der Waals surface area contributed by atoms with Gasteiger partial charge in [0.15, 0.2) is 16.3 Å². The summed E-state index contributed by atoms with van der Waals surface area (Å²) in [4.78, 5) is 28.0. The van der Waals surface area contributed by atoms with Crippen molar-refractivity contribution in [3.63, 3.8) is 0 Å². The van der Waals surface area contributed by atoms with Crippen molar-refractivity contribution in [1.82, 2.24) is 4.57 Å². The summed E-state index contributed by atoms with van der Waals surface area (Å²) in [5.41, 5.74) is 0.678. The summed E-state index contributed by atoms with van der Waals surface area (Å²) in [6.07, 6.45) is 5.45. The first-order chi connectivity index (χ1) is 14.4. The van der Waals surface area contributed by atoms with Crippen molar-refractivity contribution >= 4 is 33.1 Å². The van der Waals surface area contributed by atoms with Crippen LogP contribution >= 0.6 is 11.3 Å². The summed E-state index contributed by atoms with van der Waals surface area (Å²) in [7, 11) is 4.36. The SMILES string of the molecule is C#CCn1c(=NC(=O)c2cc(OC)c(OC)c(OC)c2)sc2ccc([N+](=O)[O-])cc21. The summed E-state index contributed by atoms with van der Waals surface area (Å²) >= 11 is 1.20. The third-order valence-electron chi connectivity index (χ3n) is 4.23. The number of methoxy groups -OCH3 is 3. The van der Waals surface area contributed by atoms with Crippen LogP contribution in [0.2, 0.25) is 0 Å². The van der Waals surface area contributed by atoms with Crippen molar-refractivity contribution in [3.05, 3.63) is 50.8 Å². The molecule has 2 aromatic carbocycles. The van der Waals surface area contributed by atoms with E-state index < -0.39 is 10.8 Å². The molecule has 0 aliphatic heterocycles. The van der Waals surface area contributed by atoms with E-state index in [9.17, 15) is 14.9 Å². The normalized spacial score (nSPS) is 11.2. The average Bonchev–Trinajstić information content (AvgIpc) is 3.08. The van der Waals surface area contributed by atoms with Crippen LogP contribution in [0.25, 0.3) is 10.2 Å². The average molecular weight is 427 g/mol. The van der Waals surface area contributed by atoms with Crippen LogP contribution in [0.5, 0.6) is 17.2 Å². The fourth-order valence-corrected chi connectivity index (χ4v) is 3.86. The number of aromatic nitrogens is 1. The lowest BCUT2D eigenvalue weighted by atomic mass is 10.1. The molecule has 0 unspecified atom stereocenters. The Labute approximate surface area is 175 Å². The molecule has 0 aliphatic carbocycles. The number of nitro groups is 1. The molecule has 0 atom stereocenters. The third-order valence-corrected chi connectivity index (χ3v) is 5.29. The Balaban J connectivity index is 2.17. The zero-order valence-corrected chi connectivity index (χ0v) is 17.2. The lowest BCUT2D eigenvalue weighted by molar-refractivity contribution is -0.384. The highest BCUT2D eigenvalue weighted by Crippen LogP contribution is 2.38. The van der Waals surface area contributed by atoms with Gasteiger partial charge in [0.1, 0.15) is 0 Å². The van der Waals surface area contributed by atoms with Gasteiger partial charge in [0.2, 0.25) is 5.75 Å². The molecule has 10 heteroatoms. The number of amides is 1. The maximum absolute atomic E-state index is 12.9. The summed E-state index contributed by atoms with van der Waals surface area (Å²) < 4.78 is 18.1. The fraction of sp³-hybridized carbons (Fsp3) is 0.200. The minimum absolute atomic E-state index is 0.0754. The van der Waals surface area contributed by atoms with Gasteiger partial charge >= 0.3 is 0 Å². The van der Waals surface area contributed by atoms with E-state index in [0.29, 0.717) is 32.3 Å². The largest absolute Gasteiger partial charge is 0.493 e. The maximum Gasteiger partial charge on any atom is 0.279 e. The molecule has 30 heavy (non-hydrogen) atoms. The number of hydrogen-bond donors (Lipinski definition) is 0. The number of thiazole rings is 1. The number of carbonyl (C=O) groups is 1. The van der Waals surface area contributed by atoms with Crippen molar-refractivity contribution in [2.75, 3.05) is 21.3 Å². The summed E-state index contributed by atoms with van der Waals surface area (Å²) in [6.45, 7) is 0.0997. The van der Waals surface area contributed by atoms with E-state index in [1.54, 1.807) is 10.6 Å². The Bertz CT molecular complexity index is 1230. The van der Waals surface area contributed by atoms with Gasteiger partial charge < -0.3 is 18.8 Å². The Morgan fingerprint density at radius 2 is 1.87 bits per heavy atom. The van der Waals surface area contributed by atoms with Gasteiger partial charge in [0.25, 0.3) is 11.6 Å². The molecule has 0 saturated carbocycles. The van der Waals surface area contributed by atoms with E-state index in [-0.39, 0.29) is 17.8 Å². The van der Waals surface area contributed by atoms with Gasteiger partial charge in [0, 0.05) is 17.7 Å². The first kappa shape index (κ1) is 20.9.